The number of carbonyl (C=O) groups is 5. The van der Waals surface area contributed by atoms with E-state index < -0.39 is 20.2 Å². The fourth-order valence-corrected chi connectivity index (χ4v) is 12.7. The van der Waals surface area contributed by atoms with E-state index in [0.29, 0.717) is 80.0 Å². The van der Waals surface area contributed by atoms with Crippen molar-refractivity contribution in [3.05, 3.63) is 149 Å². The minimum Gasteiger partial charge on any atom is -0.507 e. The number of benzene rings is 4. The van der Waals surface area contributed by atoms with E-state index in [1.165, 1.54) is 100 Å². The number of nitrogens with zero attached hydrogens (tertiary/aromatic N) is 4. The van der Waals surface area contributed by atoms with Gasteiger partial charge in [-0.05, 0) is 163 Å². The zero-order valence-electron chi connectivity index (χ0n) is 60.3. The van der Waals surface area contributed by atoms with E-state index in [2.05, 4.69) is 135 Å². The zero-order chi connectivity index (χ0) is 72.5. The maximum absolute atomic E-state index is 11.6. The van der Waals surface area contributed by atoms with E-state index in [0.717, 1.165) is 29.6 Å². The first-order valence-electron chi connectivity index (χ1n) is 34.3. The summed E-state index contributed by atoms with van der Waals surface area (Å²) in [6.45, 7) is 32.8. The summed E-state index contributed by atoms with van der Waals surface area (Å²) in [5.74, 6) is 8.61. The number of fused-ring (bicyclic) bond motifs is 1. The minimum atomic E-state index is -1.49. The van der Waals surface area contributed by atoms with Crippen molar-refractivity contribution in [2.75, 3.05) is 5.75 Å². The fourth-order valence-electron chi connectivity index (χ4n) is 10.9. The van der Waals surface area contributed by atoms with Gasteiger partial charge in [-0.15, -0.1) is 20.4 Å². The van der Waals surface area contributed by atoms with E-state index in [-0.39, 0.29) is 52.6 Å². The van der Waals surface area contributed by atoms with Crippen LogP contribution in [-0.4, -0.2) is 124 Å². The van der Waals surface area contributed by atoms with Crippen LogP contribution in [0.5, 0.6) is 5.75 Å². The standard InChI is InChI=1S/C12H14N4.C11H13NO4.C11H20O.C11H20.C10H14BNO3.C10H13BO3.C10H17NOS/c1-8(2)10-4-6-11(7-5-10)12-15-13-9(3)14-16-12;1-6(2)10(14)7-3-4-8(9(13)5-7)11(15)16-12;1-10(2)12-11-8-6-4-3-5-7-9-11;1-10(2)11-8-6-4-3-5-7-9-11;1-7(2)12-10(13)8-3-5-9(6-4-8)11(14)15;1-7(2)10(12)8-3-5-9(6-4-8)11(13)14;1-10(2,3)9-6-4-8(12)11-7(6)5-13-9/h4-8H,1-3H3;3-6,13H,12H2,1-2H3;3-4,10-11H,5-9H2,1-2H3;3-4,10-11H,5-9H2,1-2H3;3-7,14-15H,1-2H3,(H,12,13);3-7,13-14H,1-2H3;6-7,9H,4-5H2,1-3H3,(H,11,12)/b;;2*4-3+;;;. The first kappa shape index (κ1) is 84.3. The normalized spacial score (nSPS) is 18.6. The number of ketones is 2. The predicted octanol–water partition coefficient (Wildman–Crippen LogP) is 12.1. The van der Waals surface area contributed by atoms with Gasteiger partial charge in [-0.25, -0.2) is 4.79 Å². The maximum Gasteiger partial charge on any atom is 0.488 e. The number of aromatic hydroxyl groups is 1. The van der Waals surface area contributed by atoms with Gasteiger partial charge in [-0.2, -0.15) is 17.7 Å². The first-order chi connectivity index (χ1) is 45.7. The number of nitrogens with two attached hydrogens (primary N) is 1. The van der Waals surface area contributed by atoms with Crippen molar-refractivity contribution in [3.8, 4) is 17.1 Å². The van der Waals surface area contributed by atoms with Crippen molar-refractivity contribution in [1.82, 2.24) is 31.0 Å². The number of ether oxygens (including phenoxy) is 1. The van der Waals surface area contributed by atoms with E-state index in [9.17, 15) is 29.1 Å². The van der Waals surface area contributed by atoms with Crippen molar-refractivity contribution >= 4 is 66.3 Å². The molecule has 5 unspecified atom stereocenters. The van der Waals surface area contributed by atoms with Gasteiger partial charge < -0.3 is 45.4 Å². The quantitative estimate of drug-likeness (QED) is 0.0222. The average molecular weight is 1360 g/mol. The number of phenols is 1. The van der Waals surface area contributed by atoms with E-state index in [1.54, 1.807) is 57.2 Å². The van der Waals surface area contributed by atoms with Crippen LogP contribution in [0.15, 0.2) is 115 Å². The minimum absolute atomic E-state index is 0.0418. The molecule has 0 bridgehead atoms. The monoisotopic (exact) mass is 1360 g/mol. The number of aryl methyl sites for hydroxylation is 1. The van der Waals surface area contributed by atoms with Crippen LogP contribution >= 0.6 is 11.8 Å². The van der Waals surface area contributed by atoms with Gasteiger partial charge in [-0.3, -0.25) is 19.2 Å². The van der Waals surface area contributed by atoms with Crippen LogP contribution in [0.1, 0.15) is 233 Å². The third kappa shape index (κ3) is 31.2. The van der Waals surface area contributed by atoms with E-state index in [1.807, 2.05) is 51.6 Å². The Morgan fingerprint density at radius 2 is 1.15 bits per heavy atom. The number of thioether (sulfide) groups is 1. The van der Waals surface area contributed by atoms with Crippen molar-refractivity contribution in [3.63, 3.8) is 0 Å². The van der Waals surface area contributed by atoms with Crippen molar-refractivity contribution in [2.24, 2.45) is 40.9 Å². The summed E-state index contributed by atoms with van der Waals surface area (Å²) in [4.78, 5) is 60.8. The number of rotatable bonds is 14. The van der Waals surface area contributed by atoms with Gasteiger partial charge in [0.2, 0.25) is 11.7 Å². The molecular formula is C75H111B2N7O12S. The second-order valence-electron chi connectivity index (χ2n) is 27.8. The number of phenolic OH excluding ortho intramolecular Hbond substituents is 1. The highest BCUT2D eigenvalue weighted by atomic mass is 32.2. The van der Waals surface area contributed by atoms with Gasteiger partial charge in [0.1, 0.15) is 11.3 Å². The molecule has 22 heteroatoms. The van der Waals surface area contributed by atoms with Crippen molar-refractivity contribution in [2.45, 2.75) is 217 Å². The molecule has 4 aliphatic rings. The molecule has 9 rings (SSSR count). The summed E-state index contributed by atoms with van der Waals surface area (Å²) in [6.07, 6.45) is 24.0. The molecule has 4 aromatic carbocycles. The topological polar surface area (TPSA) is 307 Å². The van der Waals surface area contributed by atoms with Crippen LogP contribution in [0.2, 0.25) is 0 Å². The average Bonchev–Trinajstić information content (AvgIpc) is 1.65. The number of hydrogen-bond acceptors (Lipinski definition) is 18. The van der Waals surface area contributed by atoms with E-state index in [4.69, 9.17) is 30.7 Å². The number of amides is 2. The first-order valence-corrected chi connectivity index (χ1v) is 35.3. The van der Waals surface area contributed by atoms with Crippen molar-refractivity contribution < 1.29 is 58.7 Å². The van der Waals surface area contributed by atoms with Gasteiger partial charge in [0.25, 0.3) is 5.91 Å². The van der Waals surface area contributed by atoms with Gasteiger partial charge in [0, 0.05) is 69.5 Å². The van der Waals surface area contributed by atoms with Gasteiger partial charge in [0.05, 0.1) is 12.2 Å². The lowest BCUT2D eigenvalue weighted by atomic mass is 9.80. The Balaban J connectivity index is 0.000000296. The van der Waals surface area contributed by atoms with Gasteiger partial charge in [-0.1, -0.05) is 167 Å². The summed E-state index contributed by atoms with van der Waals surface area (Å²) >= 11 is 2.03. The molecule has 3 heterocycles. The lowest BCUT2D eigenvalue weighted by Crippen LogP contribution is -2.32. The molecule has 5 atom stereocenters. The Labute approximate surface area is 582 Å². The number of aromatic nitrogens is 4. The zero-order valence-corrected chi connectivity index (χ0v) is 61.1. The molecule has 2 amide bonds. The highest BCUT2D eigenvalue weighted by molar-refractivity contribution is 8.00. The second-order valence-corrected chi connectivity index (χ2v) is 28.9. The summed E-state index contributed by atoms with van der Waals surface area (Å²) in [5.41, 5.74) is 4.74. The summed E-state index contributed by atoms with van der Waals surface area (Å²) in [5, 5.41) is 67.1. The molecular weight excluding hydrogens is 1240 g/mol. The number of hydrogen-bond donors (Lipinski definition) is 8. The Kier molecular flexibility index (Phi) is 37.8. The molecule has 2 saturated heterocycles. The van der Waals surface area contributed by atoms with Crippen LogP contribution in [-0.2, 0) is 14.4 Å². The van der Waals surface area contributed by atoms with Crippen LogP contribution in [0.25, 0.3) is 11.4 Å². The molecule has 2 aliphatic heterocycles. The largest absolute Gasteiger partial charge is 0.507 e. The van der Waals surface area contributed by atoms with Crippen LogP contribution < -0.4 is 27.5 Å². The third-order valence-electron chi connectivity index (χ3n) is 16.4. The molecule has 5 aromatic rings. The van der Waals surface area contributed by atoms with Crippen LogP contribution in [0.3, 0.4) is 0 Å². The smallest absolute Gasteiger partial charge is 0.488 e. The lowest BCUT2D eigenvalue weighted by Gasteiger charge is -2.30. The third-order valence-corrected chi connectivity index (χ3v) is 18.3. The molecule has 9 N–H and O–H groups in total. The Morgan fingerprint density at radius 1 is 0.649 bits per heavy atom. The molecule has 0 spiro atoms. The number of allylic oxidation sites excluding steroid dienone is 4. The molecule has 97 heavy (non-hydrogen) atoms. The molecule has 19 nitrogen and oxygen atoms in total. The number of Topliss-reactive ketones (excluding diaryl/α,β-unsaturated/α-hetero) is 2. The molecule has 530 valence electrons. The summed E-state index contributed by atoms with van der Waals surface area (Å²) in [7, 11) is -2.97. The molecule has 0 saturated carbocycles. The molecule has 2 fully saturated rings. The highest BCUT2D eigenvalue weighted by Gasteiger charge is 2.47. The Bertz CT molecular complexity index is 3210. The van der Waals surface area contributed by atoms with Crippen LogP contribution in [0.4, 0.5) is 0 Å². The second kappa shape index (κ2) is 43.5. The number of nitrogens with one attached hydrogen (secondary N) is 2. The van der Waals surface area contributed by atoms with E-state index >= 15 is 0 Å². The molecule has 1 aromatic heterocycles. The fraction of sp³-hybridized carbons (Fsp3) is 0.533. The summed E-state index contributed by atoms with van der Waals surface area (Å²) < 4.78 is 5.79. The molecule has 0 radical (unpaired) electrons. The lowest BCUT2D eigenvalue weighted by molar-refractivity contribution is -0.119. The highest BCUT2D eigenvalue weighted by Crippen LogP contribution is 2.46. The Morgan fingerprint density at radius 3 is 1.63 bits per heavy atom. The van der Waals surface area contributed by atoms with Crippen molar-refractivity contribution in [1.29, 1.82) is 0 Å². The number of carbonyl (C=O) groups excluding carboxylic acids is 5. The van der Waals surface area contributed by atoms with Gasteiger partial charge >= 0.3 is 20.2 Å². The SMILES string of the molecule is CC(C)(C)C1SCC2NC(=O)CC21.CC(C)C(=O)c1ccc(B(O)O)cc1.CC(C)C(=O)c1ccc(C(=O)ON)c(O)c1.CC(C)C1CC/C=C/CCC1.CC(C)NC(=O)c1ccc(B(O)O)cc1.CC(C)OC1CC/C=C/CCC1.Cc1nnc(-c2ccc(C(C)C)cc2)nn1. The van der Waals surface area contributed by atoms with Crippen LogP contribution in [0, 0.1) is 41.9 Å². The van der Waals surface area contributed by atoms with Gasteiger partial charge in [0.15, 0.2) is 17.4 Å². The predicted molar refractivity (Wildman–Crippen MR) is 392 cm³/mol. The Hall–Kier alpha value is -6.91. The maximum atomic E-state index is 11.6. The summed E-state index contributed by atoms with van der Waals surface area (Å²) in [6, 6.07) is 25.2. The molecule has 2 aliphatic carbocycles.